The lowest BCUT2D eigenvalue weighted by Crippen LogP contribution is -2.24. The van der Waals surface area contributed by atoms with Crippen molar-refractivity contribution in [1.82, 2.24) is 14.1 Å². The van der Waals surface area contributed by atoms with E-state index >= 15 is 0 Å². The van der Waals surface area contributed by atoms with Crippen LogP contribution < -0.4 is 5.32 Å². The molecule has 9 nitrogen and oxygen atoms in total. The maximum absolute atomic E-state index is 12.4. The van der Waals surface area contributed by atoms with Crippen LogP contribution in [-0.2, 0) is 26.1 Å². The van der Waals surface area contributed by atoms with Crippen LogP contribution in [0.25, 0.3) is 0 Å². The van der Waals surface area contributed by atoms with E-state index in [1.807, 2.05) is 0 Å². The second kappa shape index (κ2) is 7.89. The number of sulfonamides is 1. The fraction of sp³-hybridized carbons (Fsp3) is 0.353. The van der Waals surface area contributed by atoms with Gasteiger partial charge in [-0.25, -0.2) is 17.5 Å². The highest BCUT2D eigenvalue weighted by molar-refractivity contribution is 7.89. The summed E-state index contributed by atoms with van der Waals surface area (Å²) in [4.78, 5) is 23.8. The molecule has 0 saturated heterocycles. The topological polar surface area (TPSA) is 111 Å². The minimum atomic E-state index is -3.65. The normalized spacial score (nSPS) is 11.5. The monoisotopic (exact) mass is 394 g/mol. The molecular formula is C17H22N4O5S. The summed E-state index contributed by atoms with van der Waals surface area (Å²) in [6.07, 6.45) is 0. The van der Waals surface area contributed by atoms with E-state index in [2.05, 4.69) is 15.2 Å². The Labute approximate surface area is 158 Å². The molecule has 1 aromatic heterocycles. The van der Waals surface area contributed by atoms with Gasteiger partial charge in [0, 0.05) is 19.8 Å². The van der Waals surface area contributed by atoms with Crippen molar-refractivity contribution in [3.63, 3.8) is 0 Å². The molecule has 0 aliphatic rings. The highest BCUT2D eigenvalue weighted by atomic mass is 32.2. The molecule has 0 aliphatic heterocycles. The molecule has 1 heterocycles. The molecule has 1 N–H and O–H groups in total. The average molecular weight is 394 g/mol. The van der Waals surface area contributed by atoms with E-state index in [0.29, 0.717) is 22.6 Å². The number of methoxy groups -OCH3 is 1. The van der Waals surface area contributed by atoms with E-state index in [1.165, 1.54) is 38.0 Å². The summed E-state index contributed by atoms with van der Waals surface area (Å²) in [6, 6.07) is 6.22. The number of hydrogen-bond acceptors (Lipinski definition) is 6. The Hall–Kier alpha value is -2.72. The Morgan fingerprint density at radius 1 is 1.19 bits per heavy atom. The summed E-state index contributed by atoms with van der Waals surface area (Å²) >= 11 is 0. The van der Waals surface area contributed by atoms with E-state index in [4.69, 9.17) is 0 Å². The molecule has 0 radical (unpaired) electrons. The van der Waals surface area contributed by atoms with Crippen molar-refractivity contribution >= 4 is 27.6 Å². The van der Waals surface area contributed by atoms with Crippen molar-refractivity contribution in [1.29, 1.82) is 0 Å². The zero-order valence-electron chi connectivity index (χ0n) is 15.8. The predicted octanol–water partition coefficient (Wildman–Crippen LogP) is 1.18. The summed E-state index contributed by atoms with van der Waals surface area (Å²) in [5.41, 5.74) is 1.58. The minimum absolute atomic E-state index is 0.0998. The lowest BCUT2D eigenvalue weighted by atomic mass is 10.2. The zero-order valence-corrected chi connectivity index (χ0v) is 16.6. The van der Waals surface area contributed by atoms with Gasteiger partial charge in [-0.2, -0.15) is 5.10 Å². The molecule has 0 spiro atoms. The molecule has 0 unspecified atom stereocenters. The molecule has 27 heavy (non-hydrogen) atoms. The predicted molar refractivity (Wildman–Crippen MR) is 99.0 cm³/mol. The number of esters is 1. The van der Waals surface area contributed by atoms with Crippen molar-refractivity contribution in [2.24, 2.45) is 0 Å². The van der Waals surface area contributed by atoms with Crippen molar-refractivity contribution in [2.75, 3.05) is 26.5 Å². The Bertz CT molecular complexity index is 962. The van der Waals surface area contributed by atoms with Crippen LogP contribution in [0, 0.1) is 13.8 Å². The number of carbonyl (C=O) groups excluding carboxylic acids is 2. The van der Waals surface area contributed by atoms with E-state index in [-0.39, 0.29) is 17.3 Å². The Kier molecular flexibility index (Phi) is 6.01. The van der Waals surface area contributed by atoms with E-state index < -0.39 is 16.0 Å². The van der Waals surface area contributed by atoms with Gasteiger partial charge in [0.2, 0.25) is 15.9 Å². The van der Waals surface area contributed by atoms with Gasteiger partial charge < -0.3 is 10.1 Å². The summed E-state index contributed by atoms with van der Waals surface area (Å²) in [6.45, 7) is 3.05. The number of amides is 1. The number of nitrogens with zero attached hydrogens (tertiary/aromatic N) is 3. The van der Waals surface area contributed by atoms with Gasteiger partial charge in [-0.1, -0.05) is 0 Å². The molecule has 0 fully saturated rings. The smallest absolute Gasteiger partial charge is 0.337 e. The molecule has 0 bridgehead atoms. The van der Waals surface area contributed by atoms with Gasteiger partial charge in [0.1, 0.15) is 11.4 Å². The first-order valence-corrected chi connectivity index (χ1v) is 9.46. The molecule has 1 aromatic carbocycles. The summed E-state index contributed by atoms with van der Waals surface area (Å²) < 4.78 is 31.9. The first kappa shape index (κ1) is 20.6. The van der Waals surface area contributed by atoms with Gasteiger partial charge in [-0.15, -0.1) is 0 Å². The number of carbonyl (C=O) groups is 2. The van der Waals surface area contributed by atoms with Gasteiger partial charge in [0.25, 0.3) is 0 Å². The van der Waals surface area contributed by atoms with Crippen LogP contribution in [0.3, 0.4) is 0 Å². The highest BCUT2D eigenvalue weighted by Gasteiger charge is 2.27. The largest absolute Gasteiger partial charge is 0.465 e. The summed E-state index contributed by atoms with van der Waals surface area (Å²) in [7, 11) is 0.517. The molecule has 2 rings (SSSR count). The summed E-state index contributed by atoms with van der Waals surface area (Å²) in [5.74, 6) is -0.842. The van der Waals surface area contributed by atoms with Crippen LogP contribution in [0.15, 0.2) is 29.2 Å². The number of aromatic nitrogens is 2. The van der Waals surface area contributed by atoms with E-state index in [0.717, 1.165) is 4.31 Å². The quantitative estimate of drug-likeness (QED) is 0.737. The number of anilines is 1. The Morgan fingerprint density at radius 3 is 2.30 bits per heavy atom. The maximum atomic E-state index is 12.4. The number of hydrogen-bond donors (Lipinski definition) is 1. The van der Waals surface area contributed by atoms with E-state index in [1.54, 1.807) is 26.0 Å². The first-order valence-electron chi connectivity index (χ1n) is 8.02. The van der Waals surface area contributed by atoms with Gasteiger partial charge in [-0.3, -0.25) is 9.48 Å². The first-order chi connectivity index (χ1) is 12.6. The third kappa shape index (κ3) is 4.34. The molecule has 10 heteroatoms. The van der Waals surface area contributed by atoms with Gasteiger partial charge >= 0.3 is 5.97 Å². The van der Waals surface area contributed by atoms with Gasteiger partial charge in [0.15, 0.2) is 0 Å². The fourth-order valence-electron chi connectivity index (χ4n) is 2.53. The Morgan fingerprint density at radius 2 is 1.78 bits per heavy atom. The van der Waals surface area contributed by atoms with E-state index in [9.17, 15) is 18.0 Å². The summed E-state index contributed by atoms with van der Waals surface area (Å²) in [5, 5.41) is 6.86. The zero-order chi connectivity index (χ0) is 20.4. The molecule has 1 amide bonds. The van der Waals surface area contributed by atoms with Crippen molar-refractivity contribution in [2.45, 2.75) is 25.3 Å². The van der Waals surface area contributed by atoms with Crippen LogP contribution in [0.4, 0.5) is 5.69 Å². The average Bonchev–Trinajstić information content (AvgIpc) is 2.88. The van der Waals surface area contributed by atoms with Crippen molar-refractivity contribution in [3.05, 3.63) is 41.2 Å². The van der Waals surface area contributed by atoms with Crippen LogP contribution >= 0.6 is 0 Å². The highest BCUT2D eigenvalue weighted by Crippen LogP contribution is 2.22. The standard InChI is InChI=1S/C17H22N4O5S/c1-11-16(27(24,25)20(3)4)12(2)21(19-11)10-15(22)18-14-8-6-13(7-9-14)17(23)26-5/h6-9H,10H2,1-5H3,(H,18,22). The molecule has 2 aromatic rings. The molecule has 0 saturated carbocycles. The maximum Gasteiger partial charge on any atom is 0.337 e. The number of aryl methyl sites for hydroxylation is 1. The lowest BCUT2D eigenvalue weighted by molar-refractivity contribution is -0.116. The van der Waals surface area contributed by atoms with Crippen LogP contribution in [0.1, 0.15) is 21.7 Å². The second-order valence-corrected chi connectivity index (χ2v) is 8.15. The SMILES string of the molecule is COC(=O)c1ccc(NC(=O)Cn2nc(C)c(S(=O)(=O)N(C)C)c2C)cc1. The lowest BCUT2D eigenvalue weighted by Gasteiger charge is -2.12. The van der Waals surface area contributed by atoms with Crippen LogP contribution in [0.5, 0.6) is 0 Å². The van der Waals surface area contributed by atoms with Gasteiger partial charge in [-0.05, 0) is 38.1 Å². The minimum Gasteiger partial charge on any atom is -0.465 e. The van der Waals surface area contributed by atoms with Gasteiger partial charge in [0.05, 0.1) is 24.1 Å². The number of nitrogens with one attached hydrogen (secondary N) is 1. The second-order valence-electron chi connectivity index (χ2n) is 6.06. The molecular weight excluding hydrogens is 372 g/mol. The Balaban J connectivity index is 2.16. The van der Waals surface area contributed by atoms with Crippen LogP contribution in [-0.4, -0.2) is 55.6 Å². The van der Waals surface area contributed by atoms with Crippen molar-refractivity contribution < 1.29 is 22.7 Å². The molecule has 0 aliphatic carbocycles. The fourth-order valence-corrected chi connectivity index (χ4v) is 3.79. The third-order valence-electron chi connectivity index (χ3n) is 3.94. The number of rotatable bonds is 6. The molecule has 0 atom stereocenters. The third-order valence-corrected chi connectivity index (χ3v) is 6.01. The van der Waals surface area contributed by atoms with Crippen molar-refractivity contribution in [3.8, 4) is 0 Å². The molecule has 146 valence electrons. The number of ether oxygens (including phenoxy) is 1. The number of benzene rings is 1. The van der Waals surface area contributed by atoms with Crippen LogP contribution in [0.2, 0.25) is 0 Å².